The van der Waals surface area contributed by atoms with Crippen molar-refractivity contribution in [2.45, 2.75) is 24.4 Å². The third kappa shape index (κ3) is 2.74. The van der Waals surface area contributed by atoms with Crippen molar-refractivity contribution in [2.75, 3.05) is 0 Å². The normalized spacial score (nSPS) is 15.1. The maximum absolute atomic E-state index is 12.0. The molecule has 96 valence electrons. The summed E-state index contributed by atoms with van der Waals surface area (Å²) in [6, 6.07) is -6.05. The van der Waals surface area contributed by atoms with Crippen LogP contribution in [-0.2, 0) is 4.74 Å². The van der Waals surface area contributed by atoms with Crippen molar-refractivity contribution in [3.05, 3.63) is 4.91 Å². The van der Waals surface area contributed by atoms with E-state index in [1.165, 1.54) is 0 Å². The lowest BCUT2D eigenvalue weighted by Gasteiger charge is -2.26. The van der Waals surface area contributed by atoms with E-state index in [4.69, 9.17) is 4.91 Å². The smallest absolute Gasteiger partial charge is 0.241 e. The second-order valence-electron chi connectivity index (χ2n) is 2.27. The predicted octanol–water partition coefficient (Wildman–Crippen LogP) is 3.11. The number of nitrogens with zero attached hydrogens (tertiary/aromatic N) is 1. The third-order valence-electron chi connectivity index (χ3n) is 1.05. The fourth-order valence-electron chi connectivity index (χ4n) is 0.333. The fraction of sp³-hybridized carbons (Fsp3) is 1.00. The number of alkyl halides is 9. The predicted molar refractivity (Wildman–Crippen MR) is 27.8 cm³/mol. The van der Waals surface area contributed by atoms with Crippen molar-refractivity contribution in [1.82, 2.24) is 0 Å². The molecular weight excluding hydrogens is 265 g/mol. The number of rotatable bonds is 4. The first kappa shape index (κ1) is 14.9. The van der Waals surface area contributed by atoms with Gasteiger partial charge in [-0.15, -0.1) is 4.91 Å². The maximum atomic E-state index is 12.0. The van der Waals surface area contributed by atoms with Crippen LogP contribution in [0.5, 0.6) is 0 Å². The van der Waals surface area contributed by atoms with Crippen molar-refractivity contribution in [3.8, 4) is 0 Å². The summed E-state index contributed by atoms with van der Waals surface area (Å²) in [6.07, 6.45) is -19.6. The van der Waals surface area contributed by atoms with E-state index in [-0.39, 0.29) is 0 Å². The molecule has 0 rings (SSSR count). The van der Waals surface area contributed by atoms with Gasteiger partial charge in [-0.05, 0) is 0 Å². The number of nitroso groups, excluding NO2 is 1. The van der Waals surface area contributed by atoms with Gasteiger partial charge in [-0.3, -0.25) is 0 Å². The molecule has 12 heteroatoms. The van der Waals surface area contributed by atoms with Crippen LogP contribution >= 0.6 is 0 Å². The zero-order valence-corrected chi connectivity index (χ0v) is 6.67. The Morgan fingerprint density at radius 2 is 1.12 bits per heavy atom. The van der Waals surface area contributed by atoms with Crippen LogP contribution in [-0.4, -0.2) is 24.4 Å². The molecule has 0 aromatic heterocycles. The van der Waals surface area contributed by atoms with Gasteiger partial charge < -0.3 is 0 Å². The van der Waals surface area contributed by atoms with Gasteiger partial charge in [-0.2, -0.15) is 39.5 Å². The van der Waals surface area contributed by atoms with E-state index in [0.717, 1.165) is 0 Å². The summed E-state index contributed by atoms with van der Waals surface area (Å²) < 4.78 is 107. The van der Waals surface area contributed by atoms with Gasteiger partial charge in [-0.1, -0.05) is 0 Å². The van der Waals surface area contributed by atoms with E-state index in [0.29, 0.717) is 5.18 Å². The lowest BCUT2D eigenvalue weighted by molar-refractivity contribution is -0.485. The van der Waals surface area contributed by atoms with E-state index < -0.39 is 24.4 Å². The van der Waals surface area contributed by atoms with Gasteiger partial charge in [0, 0.05) is 5.18 Å². The molecule has 0 atom stereocenters. The van der Waals surface area contributed by atoms with Crippen LogP contribution in [0.15, 0.2) is 5.18 Å². The standard InChI is InChI=1S/C4F9NO2/c5-1(6,7)3(10,11)16-4(12,13)2(8,9)14-15. The van der Waals surface area contributed by atoms with Crippen molar-refractivity contribution in [1.29, 1.82) is 0 Å². The van der Waals surface area contributed by atoms with Gasteiger partial charge in [0.15, 0.2) is 0 Å². The minimum Gasteiger partial charge on any atom is -0.241 e. The first-order chi connectivity index (χ1) is 6.77. The lowest BCUT2D eigenvalue weighted by atomic mass is 10.5. The average molecular weight is 265 g/mol. The Balaban J connectivity index is 5.06. The van der Waals surface area contributed by atoms with Gasteiger partial charge in [0.05, 0.1) is 0 Å². The maximum Gasteiger partial charge on any atom is 0.483 e. The van der Waals surface area contributed by atoms with Crippen molar-refractivity contribution >= 4 is 0 Å². The Kier molecular flexibility index (Phi) is 3.50. The lowest BCUT2D eigenvalue weighted by Crippen LogP contribution is -2.51. The molecule has 0 aromatic carbocycles. The highest BCUT2D eigenvalue weighted by Gasteiger charge is 2.71. The van der Waals surface area contributed by atoms with E-state index >= 15 is 0 Å². The minimum atomic E-state index is -6.64. The number of hydrogen-bond donors (Lipinski definition) is 0. The van der Waals surface area contributed by atoms with E-state index in [2.05, 4.69) is 0 Å². The summed E-state index contributed by atoms with van der Waals surface area (Å²) >= 11 is 0. The minimum absolute atomic E-state index is 0.399. The highest BCUT2D eigenvalue weighted by atomic mass is 19.4. The molecule has 0 heterocycles. The van der Waals surface area contributed by atoms with E-state index in [1.54, 1.807) is 4.74 Å². The summed E-state index contributed by atoms with van der Waals surface area (Å²) in [7, 11) is 0. The van der Waals surface area contributed by atoms with Gasteiger partial charge in [0.2, 0.25) is 0 Å². The Bertz CT molecular complexity index is 271. The molecule has 16 heavy (non-hydrogen) atoms. The van der Waals surface area contributed by atoms with Crippen LogP contribution in [0, 0.1) is 4.91 Å². The van der Waals surface area contributed by atoms with E-state index in [9.17, 15) is 39.5 Å². The van der Waals surface area contributed by atoms with Crippen LogP contribution in [0.25, 0.3) is 0 Å². The van der Waals surface area contributed by atoms with E-state index in [1.807, 2.05) is 0 Å². The SMILES string of the molecule is O=NC(F)(F)C(F)(F)OC(F)(F)C(F)(F)F. The van der Waals surface area contributed by atoms with Gasteiger partial charge in [0.25, 0.3) is 0 Å². The molecule has 0 unspecified atom stereocenters. The summed E-state index contributed by atoms with van der Waals surface area (Å²) in [5.74, 6) is 0. The molecule has 0 saturated heterocycles. The molecule has 0 radical (unpaired) electrons. The van der Waals surface area contributed by atoms with Gasteiger partial charge in [-0.25, -0.2) is 4.74 Å². The zero-order valence-electron chi connectivity index (χ0n) is 6.67. The quantitative estimate of drug-likeness (QED) is 0.445. The molecular formula is C4F9NO2. The molecule has 0 amide bonds. The van der Waals surface area contributed by atoms with Crippen LogP contribution in [0.2, 0.25) is 0 Å². The van der Waals surface area contributed by atoms with Crippen LogP contribution in [0.3, 0.4) is 0 Å². The number of hydrogen-bond acceptors (Lipinski definition) is 3. The second kappa shape index (κ2) is 3.75. The second-order valence-corrected chi connectivity index (χ2v) is 2.27. The summed E-state index contributed by atoms with van der Waals surface area (Å²) in [6.45, 7) is 0. The first-order valence-electron chi connectivity index (χ1n) is 3.02. The summed E-state index contributed by atoms with van der Waals surface area (Å²) in [5.41, 5.74) is 0. The van der Waals surface area contributed by atoms with Crippen molar-refractivity contribution in [2.24, 2.45) is 5.18 Å². The van der Waals surface area contributed by atoms with Crippen LogP contribution in [0.4, 0.5) is 39.5 Å². The molecule has 0 bridgehead atoms. The van der Waals surface area contributed by atoms with Crippen molar-refractivity contribution in [3.63, 3.8) is 0 Å². The molecule has 3 nitrogen and oxygen atoms in total. The molecule has 0 fully saturated rings. The third-order valence-corrected chi connectivity index (χ3v) is 1.05. The Labute approximate surface area is 80.1 Å². The Morgan fingerprint density at radius 3 is 1.38 bits per heavy atom. The first-order valence-corrected chi connectivity index (χ1v) is 3.02. The van der Waals surface area contributed by atoms with Crippen LogP contribution < -0.4 is 0 Å². The molecule has 0 aliphatic heterocycles. The van der Waals surface area contributed by atoms with Gasteiger partial charge in [0.1, 0.15) is 0 Å². The molecule has 0 aromatic rings. The number of halogens is 9. The zero-order chi connectivity index (χ0) is 13.4. The van der Waals surface area contributed by atoms with Crippen LogP contribution in [0.1, 0.15) is 0 Å². The highest BCUT2D eigenvalue weighted by Crippen LogP contribution is 2.45. The molecule has 0 N–H and O–H groups in total. The molecule has 0 aliphatic carbocycles. The summed E-state index contributed by atoms with van der Waals surface area (Å²) in [5, 5.41) is 0.399. The average Bonchev–Trinajstić information content (AvgIpc) is 1.99. The Hall–Kier alpha value is -1.07. The Morgan fingerprint density at radius 1 is 0.750 bits per heavy atom. The number of ether oxygens (including phenoxy) is 1. The summed E-state index contributed by atoms with van der Waals surface area (Å²) in [4.78, 5) is 9.12. The highest BCUT2D eigenvalue weighted by molar-refractivity contribution is 4.77. The monoisotopic (exact) mass is 265 g/mol. The largest absolute Gasteiger partial charge is 0.483 e. The van der Waals surface area contributed by atoms with Gasteiger partial charge >= 0.3 is 24.4 Å². The molecule has 0 saturated carbocycles. The molecule has 0 spiro atoms. The van der Waals surface area contributed by atoms with Crippen molar-refractivity contribution < 1.29 is 44.3 Å². The molecule has 0 aliphatic rings. The fourth-order valence-corrected chi connectivity index (χ4v) is 0.333. The topological polar surface area (TPSA) is 38.7 Å².